The number of hydrogen-bond acceptors (Lipinski definition) is 5. The first kappa shape index (κ1) is 18.7. The zero-order chi connectivity index (χ0) is 19.5. The van der Waals surface area contributed by atoms with Crippen molar-refractivity contribution >= 4 is 28.7 Å². The topological polar surface area (TPSA) is 68.1 Å². The van der Waals surface area contributed by atoms with Crippen molar-refractivity contribution in [3.8, 4) is 5.69 Å². The summed E-state index contributed by atoms with van der Waals surface area (Å²) >= 11 is 1.30. The van der Waals surface area contributed by atoms with Gasteiger partial charge in [0.2, 0.25) is 5.91 Å². The van der Waals surface area contributed by atoms with Crippen molar-refractivity contribution in [3.63, 3.8) is 0 Å². The molecule has 1 aliphatic heterocycles. The fourth-order valence-corrected chi connectivity index (χ4v) is 4.47. The minimum atomic E-state index is -0.175. The highest BCUT2D eigenvalue weighted by Crippen LogP contribution is 2.23. The first-order valence-corrected chi connectivity index (χ1v) is 10.5. The van der Waals surface area contributed by atoms with Crippen LogP contribution in [0.2, 0.25) is 0 Å². The number of aromatic nitrogens is 3. The van der Waals surface area contributed by atoms with Gasteiger partial charge in [0.05, 0.1) is 16.8 Å². The molecule has 1 fully saturated rings. The van der Waals surface area contributed by atoms with E-state index in [1.165, 1.54) is 18.2 Å². The third-order valence-electron chi connectivity index (χ3n) is 5.08. The highest BCUT2D eigenvalue weighted by Gasteiger charge is 2.24. The highest BCUT2D eigenvalue weighted by molar-refractivity contribution is 7.99. The number of para-hydroxylation sites is 1. The minimum Gasteiger partial charge on any atom is -0.339 e. The van der Waals surface area contributed by atoms with Crippen molar-refractivity contribution in [2.45, 2.75) is 37.4 Å². The Hall–Kier alpha value is -2.67. The lowest BCUT2D eigenvalue weighted by Crippen LogP contribution is -2.43. The van der Waals surface area contributed by atoms with Crippen LogP contribution in [0.15, 0.2) is 58.6 Å². The molecule has 2 aromatic heterocycles. The predicted molar refractivity (Wildman–Crippen MR) is 111 cm³/mol. The fraction of sp³-hybridized carbons (Fsp3) is 0.333. The molecule has 1 amide bonds. The molecule has 1 aliphatic rings. The van der Waals surface area contributed by atoms with Gasteiger partial charge in [0, 0.05) is 18.8 Å². The molecule has 4 rings (SSSR count). The average molecular weight is 395 g/mol. The lowest BCUT2D eigenvalue weighted by atomic mass is 10.0. The average Bonchev–Trinajstić information content (AvgIpc) is 2.73. The number of hydrogen-bond donors (Lipinski definition) is 0. The van der Waals surface area contributed by atoms with Crippen LogP contribution in [-0.4, -0.2) is 43.7 Å². The van der Waals surface area contributed by atoms with Gasteiger partial charge in [-0.2, -0.15) is 0 Å². The normalized spacial score (nSPS) is 17.0. The SMILES string of the molecule is C[C@@H]1CCCCN1C(=O)CSc1nc2ncccc2c(=O)n1-c1ccccc1. The molecular weight excluding hydrogens is 372 g/mol. The van der Waals surface area contributed by atoms with Crippen molar-refractivity contribution in [2.75, 3.05) is 12.3 Å². The Labute approximate surface area is 167 Å². The van der Waals surface area contributed by atoms with Crippen molar-refractivity contribution in [3.05, 3.63) is 59.0 Å². The Kier molecular flexibility index (Phi) is 5.43. The zero-order valence-electron chi connectivity index (χ0n) is 15.7. The van der Waals surface area contributed by atoms with Gasteiger partial charge in [0.25, 0.3) is 5.56 Å². The lowest BCUT2D eigenvalue weighted by molar-refractivity contribution is -0.131. The summed E-state index contributed by atoms with van der Waals surface area (Å²) in [6.07, 6.45) is 4.89. The Morgan fingerprint density at radius 2 is 2.00 bits per heavy atom. The number of pyridine rings is 1. The summed E-state index contributed by atoms with van der Waals surface area (Å²) in [6.45, 7) is 2.90. The van der Waals surface area contributed by atoms with E-state index < -0.39 is 0 Å². The second kappa shape index (κ2) is 8.14. The van der Waals surface area contributed by atoms with Crippen LogP contribution in [-0.2, 0) is 4.79 Å². The van der Waals surface area contributed by atoms with E-state index >= 15 is 0 Å². The van der Waals surface area contributed by atoms with E-state index in [1.807, 2.05) is 35.2 Å². The van der Waals surface area contributed by atoms with Crippen molar-refractivity contribution in [1.82, 2.24) is 19.4 Å². The zero-order valence-corrected chi connectivity index (χ0v) is 16.6. The second-order valence-corrected chi connectivity index (χ2v) is 7.91. The van der Waals surface area contributed by atoms with Gasteiger partial charge in [0.15, 0.2) is 10.8 Å². The molecule has 1 saturated heterocycles. The number of thioether (sulfide) groups is 1. The number of benzene rings is 1. The lowest BCUT2D eigenvalue weighted by Gasteiger charge is -2.33. The molecule has 0 saturated carbocycles. The van der Waals surface area contributed by atoms with E-state index in [-0.39, 0.29) is 23.3 Å². The predicted octanol–water partition coefficient (Wildman–Crippen LogP) is 3.27. The molecule has 3 aromatic rings. The molecule has 7 heteroatoms. The monoisotopic (exact) mass is 394 g/mol. The van der Waals surface area contributed by atoms with Crippen molar-refractivity contribution < 1.29 is 4.79 Å². The molecule has 0 N–H and O–H groups in total. The molecule has 0 unspecified atom stereocenters. The summed E-state index contributed by atoms with van der Waals surface area (Å²) in [5.41, 5.74) is 0.957. The standard InChI is InChI=1S/C21H22N4O2S/c1-15-8-5-6-13-24(15)18(26)14-28-21-23-19-17(11-7-12-22-19)20(27)25(21)16-9-3-2-4-10-16/h2-4,7,9-12,15H,5-6,8,13-14H2,1H3/t15-/m1/s1. The molecule has 1 atom stereocenters. The van der Waals surface area contributed by atoms with Crippen LogP contribution in [0.5, 0.6) is 0 Å². The number of fused-ring (bicyclic) bond motifs is 1. The molecule has 6 nitrogen and oxygen atoms in total. The third kappa shape index (κ3) is 3.67. The molecule has 3 heterocycles. The van der Waals surface area contributed by atoms with E-state index in [0.717, 1.165) is 25.1 Å². The number of nitrogens with zero attached hydrogens (tertiary/aromatic N) is 4. The van der Waals surface area contributed by atoms with E-state index in [1.54, 1.807) is 22.9 Å². The maximum atomic E-state index is 13.1. The molecule has 144 valence electrons. The number of carbonyl (C=O) groups excluding carboxylic acids is 1. The van der Waals surface area contributed by atoms with E-state index in [9.17, 15) is 9.59 Å². The Balaban J connectivity index is 1.69. The third-order valence-corrected chi connectivity index (χ3v) is 6.00. The van der Waals surface area contributed by atoms with E-state index in [4.69, 9.17) is 0 Å². The smallest absolute Gasteiger partial charge is 0.268 e. The van der Waals surface area contributed by atoms with E-state index in [2.05, 4.69) is 16.9 Å². The van der Waals surface area contributed by atoms with Crippen molar-refractivity contribution in [2.24, 2.45) is 0 Å². The molecule has 28 heavy (non-hydrogen) atoms. The fourth-order valence-electron chi connectivity index (χ4n) is 3.58. The van der Waals surface area contributed by atoms with Crippen LogP contribution in [0.4, 0.5) is 0 Å². The maximum Gasteiger partial charge on any atom is 0.268 e. The van der Waals surface area contributed by atoms with E-state index in [0.29, 0.717) is 16.2 Å². The largest absolute Gasteiger partial charge is 0.339 e. The Morgan fingerprint density at radius 1 is 1.18 bits per heavy atom. The van der Waals surface area contributed by atoms with Crippen LogP contribution >= 0.6 is 11.8 Å². The van der Waals surface area contributed by atoms with Crippen LogP contribution in [0.3, 0.4) is 0 Å². The quantitative estimate of drug-likeness (QED) is 0.502. The maximum absolute atomic E-state index is 13.1. The summed E-state index contributed by atoms with van der Waals surface area (Å²) in [4.78, 5) is 36.6. The highest BCUT2D eigenvalue weighted by atomic mass is 32.2. The minimum absolute atomic E-state index is 0.0900. The van der Waals surface area contributed by atoms with Crippen LogP contribution in [0.25, 0.3) is 16.7 Å². The molecule has 0 spiro atoms. The Bertz CT molecular complexity index is 1050. The molecule has 0 aliphatic carbocycles. The molecular formula is C21H22N4O2S. The van der Waals surface area contributed by atoms with Gasteiger partial charge in [-0.15, -0.1) is 0 Å². The molecule has 0 radical (unpaired) electrons. The number of carbonyl (C=O) groups is 1. The molecule has 0 bridgehead atoms. The summed E-state index contributed by atoms with van der Waals surface area (Å²) in [6, 6.07) is 13.1. The van der Waals surface area contributed by atoms with Crippen molar-refractivity contribution in [1.29, 1.82) is 0 Å². The van der Waals surface area contributed by atoms with Gasteiger partial charge in [-0.3, -0.25) is 14.2 Å². The van der Waals surface area contributed by atoms with Gasteiger partial charge in [-0.05, 0) is 50.5 Å². The second-order valence-electron chi connectivity index (χ2n) is 6.97. The first-order valence-electron chi connectivity index (χ1n) is 9.50. The van der Waals surface area contributed by atoms with Gasteiger partial charge in [-0.1, -0.05) is 30.0 Å². The summed E-state index contributed by atoms with van der Waals surface area (Å²) < 4.78 is 1.57. The first-order chi connectivity index (χ1) is 13.6. The summed E-state index contributed by atoms with van der Waals surface area (Å²) in [5.74, 6) is 0.342. The summed E-state index contributed by atoms with van der Waals surface area (Å²) in [7, 11) is 0. The number of rotatable bonds is 4. The Morgan fingerprint density at radius 3 is 2.79 bits per heavy atom. The number of piperidine rings is 1. The van der Waals surface area contributed by atoms with Crippen LogP contribution in [0.1, 0.15) is 26.2 Å². The van der Waals surface area contributed by atoms with Gasteiger partial charge in [-0.25, -0.2) is 9.97 Å². The number of amides is 1. The van der Waals surface area contributed by atoms with Gasteiger partial charge in [0.1, 0.15) is 0 Å². The molecule has 1 aromatic carbocycles. The van der Waals surface area contributed by atoms with Crippen LogP contribution in [0, 0.1) is 0 Å². The van der Waals surface area contributed by atoms with Gasteiger partial charge >= 0.3 is 0 Å². The van der Waals surface area contributed by atoms with Gasteiger partial charge < -0.3 is 4.90 Å². The summed E-state index contributed by atoms with van der Waals surface area (Å²) in [5, 5.41) is 0.951. The number of likely N-dealkylation sites (tertiary alicyclic amines) is 1. The van der Waals surface area contributed by atoms with Crippen LogP contribution < -0.4 is 5.56 Å².